The zero-order chi connectivity index (χ0) is 13.6. The van der Waals surface area contributed by atoms with Gasteiger partial charge in [-0.15, -0.1) is 0 Å². The number of hydrogen-bond donors (Lipinski definition) is 1. The summed E-state index contributed by atoms with van der Waals surface area (Å²) in [5, 5.41) is 7.82. The molecule has 4 heteroatoms. The summed E-state index contributed by atoms with van der Waals surface area (Å²) in [6.45, 7) is 7.51. The van der Waals surface area contributed by atoms with E-state index in [1.165, 1.54) is 5.56 Å². The summed E-state index contributed by atoms with van der Waals surface area (Å²) in [4.78, 5) is 0. The second-order valence-electron chi connectivity index (χ2n) is 5.55. The van der Waals surface area contributed by atoms with E-state index in [-0.39, 0.29) is 5.60 Å². The molecule has 104 valence electrons. The van der Waals surface area contributed by atoms with Gasteiger partial charge in [0.1, 0.15) is 0 Å². The van der Waals surface area contributed by atoms with Gasteiger partial charge >= 0.3 is 0 Å². The highest BCUT2D eigenvalue weighted by Crippen LogP contribution is 2.18. The molecule has 1 aromatic heterocycles. The van der Waals surface area contributed by atoms with Gasteiger partial charge < -0.3 is 10.1 Å². The van der Waals surface area contributed by atoms with Gasteiger partial charge in [0.05, 0.1) is 11.8 Å². The zero-order valence-corrected chi connectivity index (χ0v) is 12.4. The molecule has 0 aliphatic rings. The van der Waals surface area contributed by atoms with Gasteiger partial charge in [0.15, 0.2) is 0 Å². The molecular formula is C14H27N3O. The van der Waals surface area contributed by atoms with Crippen LogP contribution in [0.4, 0.5) is 0 Å². The lowest BCUT2D eigenvalue weighted by Gasteiger charge is -2.29. The van der Waals surface area contributed by atoms with Crippen LogP contribution in [0.15, 0.2) is 12.4 Å². The SMILES string of the molecule is CCCNC(Cc1cnn(C)c1)CC(C)(C)OC. The molecule has 0 spiro atoms. The highest BCUT2D eigenvalue weighted by Gasteiger charge is 2.22. The lowest BCUT2D eigenvalue weighted by molar-refractivity contribution is 0.00714. The largest absolute Gasteiger partial charge is 0.379 e. The van der Waals surface area contributed by atoms with E-state index < -0.39 is 0 Å². The van der Waals surface area contributed by atoms with Gasteiger partial charge in [0.25, 0.3) is 0 Å². The van der Waals surface area contributed by atoms with Crippen molar-refractivity contribution in [1.29, 1.82) is 0 Å². The summed E-state index contributed by atoms with van der Waals surface area (Å²) in [6, 6.07) is 0.434. The van der Waals surface area contributed by atoms with Crippen LogP contribution < -0.4 is 5.32 Å². The lowest BCUT2D eigenvalue weighted by Crippen LogP contribution is -2.39. The summed E-state index contributed by atoms with van der Waals surface area (Å²) >= 11 is 0. The molecule has 0 aromatic carbocycles. The van der Waals surface area contributed by atoms with Crippen molar-refractivity contribution >= 4 is 0 Å². The van der Waals surface area contributed by atoms with Crippen LogP contribution in [0.25, 0.3) is 0 Å². The summed E-state index contributed by atoms with van der Waals surface area (Å²) < 4.78 is 7.39. The van der Waals surface area contributed by atoms with E-state index in [2.05, 4.69) is 37.4 Å². The van der Waals surface area contributed by atoms with Crippen molar-refractivity contribution in [3.63, 3.8) is 0 Å². The minimum Gasteiger partial charge on any atom is -0.379 e. The number of rotatable bonds is 8. The number of aryl methyl sites for hydroxylation is 1. The first kappa shape index (κ1) is 15.2. The average Bonchev–Trinajstić information content (AvgIpc) is 2.71. The van der Waals surface area contributed by atoms with Gasteiger partial charge in [-0.3, -0.25) is 4.68 Å². The molecule has 0 aliphatic carbocycles. The Kier molecular flexibility index (Phi) is 5.82. The molecule has 0 bridgehead atoms. The molecule has 1 rings (SSSR count). The predicted octanol–water partition coefficient (Wildman–Crippen LogP) is 2.15. The fourth-order valence-corrected chi connectivity index (χ4v) is 2.10. The van der Waals surface area contributed by atoms with Crippen molar-refractivity contribution in [1.82, 2.24) is 15.1 Å². The number of hydrogen-bond acceptors (Lipinski definition) is 3. The van der Waals surface area contributed by atoms with Crippen LogP contribution in [0.5, 0.6) is 0 Å². The van der Waals surface area contributed by atoms with Crippen LogP contribution >= 0.6 is 0 Å². The number of methoxy groups -OCH3 is 1. The van der Waals surface area contributed by atoms with Crippen molar-refractivity contribution in [3.8, 4) is 0 Å². The van der Waals surface area contributed by atoms with E-state index in [0.29, 0.717) is 6.04 Å². The number of aromatic nitrogens is 2. The Morgan fingerprint density at radius 3 is 2.72 bits per heavy atom. The fraction of sp³-hybridized carbons (Fsp3) is 0.786. The van der Waals surface area contributed by atoms with Gasteiger partial charge in [-0.05, 0) is 45.2 Å². The molecule has 1 heterocycles. The Morgan fingerprint density at radius 2 is 2.22 bits per heavy atom. The van der Waals surface area contributed by atoms with Gasteiger partial charge in [-0.25, -0.2) is 0 Å². The molecule has 0 saturated heterocycles. The molecule has 0 aliphatic heterocycles. The third-order valence-corrected chi connectivity index (χ3v) is 3.21. The molecule has 0 saturated carbocycles. The highest BCUT2D eigenvalue weighted by atomic mass is 16.5. The molecule has 0 fully saturated rings. The Bertz CT molecular complexity index is 347. The van der Waals surface area contributed by atoms with E-state index >= 15 is 0 Å². The molecular weight excluding hydrogens is 226 g/mol. The molecule has 0 radical (unpaired) electrons. The normalized spacial score (nSPS) is 13.8. The standard InChI is InChI=1S/C14H27N3O/c1-6-7-15-13(9-14(2,3)18-5)8-12-10-16-17(4)11-12/h10-11,13,15H,6-9H2,1-5H3. The second-order valence-corrected chi connectivity index (χ2v) is 5.55. The minimum atomic E-state index is -0.0897. The Hall–Kier alpha value is -0.870. The summed E-state index contributed by atoms with van der Waals surface area (Å²) in [5.41, 5.74) is 1.19. The summed E-state index contributed by atoms with van der Waals surface area (Å²) in [5.74, 6) is 0. The van der Waals surface area contributed by atoms with E-state index in [9.17, 15) is 0 Å². The van der Waals surface area contributed by atoms with Crippen LogP contribution in [-0.4, -0.2) is 35.1 Å². The first-order valence-corrected chi connectivity index (χ1v) is 6.73. The van der Waals surface area contributed by atoms with E-state index in [4.69, 9.17) is 4.74 Å². The third kappa shape index (κ3) is 5.19. The first-order chi connectivity index (χ1) is 8.46. The quantitative estimate of drug-likeness (QED) is 0.771. The van der Waals surface area contributed by atoms with E-state index in [1.807, 2.05) is 17.9 Å². The Morgan fingerprint density at radius 1 is 1.50 bits per heavy atom. The Balaban J connectivity index is 2.60. The van der Waals surface area contributed by atoms with Crippen molar-refractivity contribution in [2.45, 2.75) is 51.7 Å². The third-order valence-electron chi connectivity index (χ3n) is 3.21. The van der Waals surface area contributed by atoms with Gasteiger partial charge in [0.2, 0.25) is 0 Å². The number of nitrogens with zero attached hydrogens (tertiary/aromatic N) is 2. The maximum Gasteiger partial charge on any atom is 0.0637 e. The van der Waals surface area contributed by atoms with Crippen LogP contribution in [0.2, 0.25) is 0 Å². The molecule has 1 unspecified atom stereocenters. The Labute approximate surface area is 111 Å². The maximum atomic E-state index is 5.53. The highest BCUT2D eigenvalue weighted by molar-refractivity contribution is 5.06. The number of nitrogens with one attached hydrogen (secondary N) is 1. The van der Waals surface area contributed by atoms with Crippen molar-refractivity contribution in [2.24, 2.45) is 7.05 Å². The van der Waals surface area contributed by atoms with Crippen molar-refractivity contribution in [2.75, 3.05) is 13.7 Å². The van der Waals surface area contributed by atoms with E-state index in [0.717, 1.165) is 25.8 Å². The lowest BCUT2D eigenvalue weighted by atomic mass is 9.95. The topological polar surface area (TPSA) is 39.1 Å². The summed E-state index contributed by atoms with van der Waals surface area (Å²) in [7, 11) is 3.73. The number of ether oxygens (including phenoxy) is 1. The zero-order valence-electron chi connectivity index (χ0n) is 12.4. The van der Waals surface area contributed by atoms with E-state index in [1.54, 1.807) is 7.11 Å². The minimum absolute atomic E-state index is 0.0897. The summed E-state index contributed by atoms with van der Waals surface area (Å²) in [6.07, 6.45) is 7.18. The molecule has 0 amide bonds. The first-order valence-electron chi connectivity index (χ1n) is 6.73. The van der Waals surface area contributed by atoms with Crippen LogP contribution in [0, 0.1) is 0 Å². The second kappa shape index (κ2) is 6.90. The van der Waals surface area contributed by atoms with Crippen LogP contribution in [-0.2, 0) is 18.2 Å². The van der Waals surface area contributed by atoms with Crippen molar-refractivity contribution < 1.29 is 4.74 Å². The predicted molar refractivity (Wildman–Crippen MR) is 74.7 cm³/mol. The smallest absolute Gasteiger partial charge is 0.0637 e. The maximum absolute atomic E-state index is 5.53. The monoisotopic (exact) mass is 253 g/mol. The molecule has 4 nitrogen and oxygen atoms in total. The fourth-order valence-electron chi connectivity index (χ4n) is 2.10. The van der Waals surface area contributed by atoms with Gasteiger partial charge in [-0.1, -0.05) is 6.92 Å². The van der Waals surface area contributed by atoms with Crippen LogP contribution in [0.3, 0.4) is 0 Å². The molecule has 1 N–H and O–H groups in total. The average molecular weight is 253 g/mol. The van der Waals surface area contributed by atoms with Gasteiger partial charge in [0, 0.05) is 26.4 Å². The molecule has 1 atom stereocenters. The van der Waals surface area contributed by atoms with Gasteiger partial charge in [-0.2, -0.15) is 5.10 Å². The van der Waals surface area contributed by atoms with Crippen LogP contribution in [0.1, 0.15) is 39.2 Å². The molecule has 1 aromatic rings. The van der Waals surface area contributed by atoms with Crippen molar-refractivity contribution in [3.05, 3.63) is 18.0 Å². The molecule has 18 heavy (non-hydrogen) atoms.